The molecule has 140 valence electrons. The molecular formula is C19H17F2N3O2S. The molecule has 0 aliphatic rings. The largest absolute Gasteiger partial charge is 0.450 e. The zero-order valence-electron chi connectivity index (χ0n) is 15.0. The maximum atomic E-state index is 14.0. The summed E-state index contributed by atoms with van der Waals surface area (Å²) >= 11 is 1.56. The van der Waals surface area contributed by atoms with Crippen LogP contribution in [-0.2, 0) is 12.8 Å². The number of benzene rings is 1. The summed E-state index contributed by atoms with van der Waals surface area (Å²) in [5.41, 5.74) is 1.48. The molecule has 0 bridgehead atoms. The van der Waals surface area contributed by atoms with Gasteiger partial charge >= 0.3 is 0 Å². The fraction of sp³-hybridized carbons (Fsp3) is 0.211. The standard InChI is InChI=1S/C19H17F2N3O2S/c1-11-6-12(9-24(2)19(11)25)18-16(8-22-17(23-18)10-27-3)26-15-5-4-13(20)7-14(15)21/h4-9H,10H2,1-3H3. The number of hydrogen-bond donors (Lipinski definition) is 0. The smallest absolute Gasteiger partial charge is 0.253 e. The monoisotopic (exact) mass is 389 g/mol. The second-order valence-electron chi connectivity index (χ2n) is 5.94. The van der Waals surface area contributed by atoms with Gasteiger partial charge in [0.25, 0.3) is 5.56 Å². The van der Waals surface area contributed by atoms with Gasteiger partial charge in [-0.2, -0.15) is 11.8 Å². The van der Waals surface area contributed by atoms with Gasteiger partial charge < -0.3 is 9.30 Å². The van der Waals surface area contributed by atoms with E-state index in [0.29, 0.717) is 28.4 Å². The van der Waals surface area contributed by atoms with E-state index in [-0.39, 0.29) is 17.1 Å². The summed E-state index contributed by atoms with van der Waals surface area (Å²) in [5, 5.41) is 0. The summed E-state index contributed by atoms with van der Waals surface area (Å²) in [4.78, 5) is 20.7. The molecule has 2 aromatic heterocycles. The zero-order chi connectivity index (χ0) is 19.6. The minimum atomic E-state index is -0.828. The van der Waals surface area contributed by atoms with Crippen molar-refractivity contribution < 1.29 is 13.5 Å². The Kier molecular flexibility index (Phi) is 5.55. The van der Waals surface area contributed by atoms with Gasteiger partial charge in [-0.1, -0.05) is 0 Å². The van der Waals surface area contributed by atoms with Crippen LogP contribution < -0.4 is 10.3 Å². The summed E-state index contributed by atoms with van der Waals surface area (Å²) in [7, 11) is 1.64. The first-order valence-electron chi connectivity index (χ1n) is 8.04. The Morgan fingerprint density at radius 1 is 1.22 bits per heavy atom. The lowest BCUT2D eigenvalue weighted by Crippen LogP contribution is -2.18. The van der Waals surface area contributed by atoms with Crippen LogP contribution in [0.3, 0.4) is 0 Å². The van der Waals surface area contributed by atoms with Crippen molar-refractivity contribution in [2.24, 2.45) is 7.05 Å². The van der Waals surface area contributed by atoms with Crippen LogP contribution in [-0.4, -0.2) is 20.8 Å². The fourth-order valence-electron chi connectivity index (χ4n) is 2.57. The highest BCUT2D eigenvalue weighted by Gasteiger charge is 2.16. The normalized spacial score (nSPS) is 10.9. The Balaban J connectivity index is 2.12. The maximum absolute atomic E-state index is 14.0. The Morgan fingerprint density at radius 2 is 2.00 bits per heavy atom. The van der Waals surface area contributed by atoms with Gasteiger partial charge in [-0.15, -0.1) is 0 Å². The van der Waals surface area contributed by atoms with Crippen LogP contribution in [0.2, 0.25) is 0 Å². The lowest BCUT2D eigenvalue weighted by Gasteiger charge is -2.13. The third kappa shape index (κ3) is 4.16. The van der Waals surface area contributed by atoms with E-state index < -0.39 is 11.6 Å². The van der Waals surface area contributed by atoms with E-state index in [2.05, 4.69) is 9.97 Å². The first-order chi connectivity index (χ1) is 12.9. The quantitative estimate of drug-likeness (QED) is 0.658. The highest BCUT2D eigenvalue weighted by Crippen LogP contribution is 2.33. The first kappa shape index (κ1) is 19.0. The summed E-state index contributed by atoms with van der Waals surface area (Å²) in [6, 6.07) is 4.75. The van der Waals surface area contributed by atoms with Crippen LogP contribution in [0.4, 0.5) is 8.78 Å². The van der Waals surface area contributed by atoms with Gasteiger partial charge in [0.05, 0.1) is 11.9 Å². The number of halogens is 2. The molecule has 0 aliphatic heterocycles. The fourth-order valence-corrected chi connectivity index (χ4v) is 2.97. The number of aryl methyl sites for hydroxylation is 2. The highest BCUT2D eigenvalue weighted by molar-refractivity contribution is 7.97. The number of nitrogens with zero attached hydrogens (tertiary/aromatic N) is 3. The molecule has 0 amide bonds. The molecule has 0 spiro atoms. The molecule has 8 heteroatoms. The van der Waals surface area contributed by atoms with E-state index in [0.717, 1.165) is 12.1 Å². The van der Waals surface area contributed by atoms with Crippen molar-refractivity contribution in [3.05, 3.63) is 70.0 Å². The zero-order valence-corrected chi connectivity index (χ0v) is 15.8. The molecule has 0 aliphatic carbocycles. The Hall–Kier alpha value is -2.74. The van der Waals surface area contributed by atoms with Crippen LogP contribution in [0.15, 0.2) is 41.5 Å². The van der Waals surface area contributed by atoms with Crippen LogP contribution in [0.25, 0.3) is 11.3 Å². The minimum absolute atomic E-state index is 0.121. The lowest BCUT2D eigenvalue weighted by atomic mass is 10.1. The first-order valence-corrected chi connectivity index (χ1v) is 9.44. The van der Waals surface area contributed by atoms with Crippen molar-refractivity contribution in [2.75, 3.05) is 6.26 Å². The minimum Gasteiger partial charge on any atom is -0.450 e. The summed E-state index contributed by atoms with van der Waals surface area (Å²) in [6.07, 6.45) is 5.02. The van der Waals surface area contributed by atoms with Crippen molar-refractivity contribution in [1.82, 2.24) is 14.5 Å². The molecule has 3 rings (SSSR count). The Labute approximate surface area is 159 Å². The summed E-state index contributed by atoms with van der Waals surface area (Å²) < 4.78 is 34.2. The van der Waals surface area contributed by atoms with E-state index >= 15 is 0 Å². The molecule has 2 heterocycles. The Bertz CT molecular complexity index is 1030. The highest BCUT2D eigenvalue weighted by atomic mass is 32.2. The topological polar surface area (TPSA) is 57.0 Å². The van der Waals surface area contributed by atoms with Gasteiger partial charge in [-0.05, 0) is 31.4 Å². The number of hydrogen-bond acceptors (Lipinski definition) is 5. The number of thioether (sulfide) groups is 1. The van der Waals surface area contributed by atoms with Gasteiger partial charge in [-0.25, -0.2) is 18.7 Å². The molecule has 5 nitrogen and oxygen atoms in total. The second kappa shape index (κ2) is 7.87. The van der Waals surface area contributed by atoms with Crippen molar-refractivity contribution >= 4 is 11.8 Å². The molecule has 0 radical (unpaired) electrons. The molecule has 0 unspecified atom stereocenters. The third-order valence-corrected chi connectivity index (χ3v) is 4.38. The number of ether oxygens (including phenoxy) is 1. The van der Waals surface area contributed by atoms with Gasteiger partial charge in [0.2, 0.25) is 0 Å². The number of rotatable bonds is 5. The van der Waals surface area contributed by atoms with E-state index in [4.69, 9.17) is 4.74 Å². The third-order valence-electron chi connectivity index (χ3n) is 3.83. The van der Waals surface area contributed by atoms with Crippen molar-refractivity contribution in [2.45, 2.75) is 12.7 Å². The van der Waals surface area contributed by atoms with E-state index in [9.17, 15) is 13.6 Å². The van der Waals surface area contributed by atoms with Crippen LogP contribution >= 0.6 is 11.8 Å². The number of aromatic nitrogens is 3. The van der Waals surface area contributed by atoms with Crippen LogP contribution in [0, 0.1) is 18.6 Å². The van der Waals surface area contributed by atoms with Gasteiger partial charge in [0.1, 0.15) is 17.3 Å². The molecule has 27 heavy (non-hydrogen) atoms. The van der Waals surface area contributed by atoms with E-state index in [1.165, 1.54) is 16.8 Å². The van der Waals surface area contributed by atoms with Gasteiger partial charge in [-0.3, -0.25) is 4.79 Å². The molecule has 0 saturated heterocycles. The maximum Gasteiger partial charge on any atom is 0.253 e. The van der Waals surface area contributed by atoms with Crippen molar-refractivity contribution in [3.8, 4) is 22.8 Å². The van der Waals surface area contributed by atoms with E-state index in [1.54, 1.807) is 38.0 Å². The molecule has 0 atom stereocenters. The lowest BCUT2D eigenvalue weighted by molar-refractivity contribution is 0.435. The average Bonchev–Trinajstić information content (AvgIpc) is 2.63. The molecule has 0 fully saturated rings. The predicted molar refractivity (Wildman–Crippen MR) is 101 cm³/mol. The number of pyridine rings is 1. The van der Waals surface area contributed by atoms with Crippen molar-refractivity contribution in [1.29, 1.82) is 0 Å². The second-order valence-corrected chi connectivity index (χ2v) is 6.80. The van der Waals surface area contributed by atoms with Crippen molar-refractivity contribution in [3.63, 3.8) is 0 Å². The molecule has 0 saturated carbocycles. The summed E-state index contributed by atoms with van der Waals surface area (Å²) in [6.45, 7) is 1.70. The molecule has 3 aromatic rings. The van der Waals surface area contributed by atoms with Gasteiger partial charge in [0, 0.05) is 30.4 Å². The van der Waals surface area contributed by atoms with E-state index in [1.807, 2.05) is 6.26 Å². The SMILES string of the molecule is CSCc1ncc(Oc2ccc(F)cc2F)c(-c2cc(C)c(=O)n(C)c2)n1. The van der Waals surface area contributed by atoms with Gasteiger partial charge in [0.15, 0.2) is 17.3 Å². The van der Waals surface area contributed by atoms with Crippen LogP contribution in [0.1, 0.15) is 11.4 Å². The molecule has 0 N–H and O–H groups in total. The average molecular weight is 389 g/mol. The Morgan fingerprint density at radius 3 is 2.67 bits per heavy atom. The predicted octanol–water partition coefficient (Wildman–Crippen LogP) is 4.08. The molecular weight excluding hydrogens is 372 g/mol. The van der Waals surface area contributed by atoms with Crippen LogP contribution in [0.5, 0.6) is 11.5 Å². The molecule has 1 aromatic carbocycles. The summed E-state index contributed by atoms with van der Waals surface area (Å²) in [5.74, 6) is -0.283.